The number of amides is 1. The molecule has 2 atom stereocenters. The van der Waals surface area contributed by atoms with Gasteiger partial charge in [-0.15, -0.1) is 0 Å². The first-order valence-corrected chi connectivity index (χ1v) is 18.6. The molecule has 248 valence electrons. The van der Waals surface area contributed by atoms with E-state index in [4.69, 9.17) is 0 Å². The van der Waals surface area contributed by atoms with E-state index < -0.39 is 12.1 Å². The van der Waals surface area contributed by atoms with Gasteiger partial charge in [-0.25, -0.2) is 0 Å². The molecular weight excluding hydrogens is 518 g/mol. The molecule has 0 aliphatic heterocycles. The third kappa shape index (κ3) is 30.3. The smallest absolute Gasteiger partial charge is 0.220 e. The Hall–Kier alpha value is -1.13. The number of unbranched alkanes of at least 4 members (excludes halogenated alkanes) is 24. The lowest BCUT2D eigenvalue weighted by Gasteiger charge is -2.19. The first kappa shape index (κ1) is 40.9. The Balaban J connectivity index is 3.64. The lowest BCUT2D eigenvalue weighted by Crippen LogP contribution is -2.45. The molecule has 0 fully saturated rings. The number of carbonyl (C=O) groups is 1. The highest BCUT2D eigenvalue weighted by molar-refractivity contribution is 5.76. The van der Waals surface area contributed by atoms with Gasteiger partial charge in [0.1, 0.15) is 0 Å². The van der Waals surface area contributed by atoms with Crippen LogP contribution in [0.15, 0.2) is 24.3 Å². The zero-order chi connectivity index (χ0) is 30.8. The standard InChI is InChI=1S/C38H73NO3/c1-3-5-7-9-11-13-15-17-19-20-22-24-26-28-30-32-34-38(42)39-36(35-40)37(41)33-31-29-27-25-23-21-18-16-14-12-10-8-6-4-2/h23,25,31,33,36-37,40-41H,3-22,24,26-30,32,34-35H2,1-2H3,(H,39,42)/b25-23+,33-31+. The molecule has 0 rings (SSSR count). The minimum atomic E-state index is -0.856. The number of hydrogen-bond acceptors (Lipinski definition) is 3. The summed E-state index contributed by atoms with van der Waals surface area (Å²) in [5, 5.41) is 22.8. The number of aliphatic hydroxyl groups is 2. The molecule has 1 amide bonds. The van der Waals surface area contributed by atoms with Gasteiger partial charge in [-0.3, -0.25) is 4.79 Å². The van der Waals surface area contributed by atoms with E-state index in [2.05, 4.69) is 31.3 Å². The normalized spacial score (nSPS) is 13.3. The van der Waals surface area contributed by atoms with Crippen molar-refractivity contribution in [3.8, 4) is 0 Å². The Morgan fingerprint density at radius 3 is 1.38 bits per heavy atom. The van der Waals surface area contributed by atoms with Crippen LogP contribution in [0.5, 0.6) is 0 Å². The molecule has 4 nitrogen and oxygen atoms in total. The van der Waals surface area contributed by atoms with Gasteiger partial charge in [0.2, 0.25) is 5.91 Å². The van der Waals surface area contributed by atoms with E-state index in [1.165, 1.54) is 141 Å². The summed E-state index contributed by atoms with van der Waals surface area (Å²) in [4.78, 5) is 12.3. The summed E-state index contributed by atoms with van der Waals surface area (Å²) in [7, 11) is 0. The van der Waals surface area contributed by atoms with Crippen molar-refractivity contribution in [3.63, 3.8) is 0 Å². The van der Waals surface area contributed by atoms with Crippen LogP contribution in [-0.2, 0) is 4.79 Å². The van der Waals surface area contributed by atoms with Crippen molar-refractivity contribution in [2.45, 2.75) is 206 Å². The first-order valence-electron chi connectivity index (χ1n) is 18.6. The van der Waals surface area contributed by atoms with Crippen LogP contribution in [0.2, 0.25) is 0 Å². The number of carbonyl (C=O) groups excluding carboxylic acids is 1. The van der Waals surface area contributed by atoms with Crippen molar-refractivity contribution in [2.24, 2.45) is 0 Å². The monoisotopic (exact) mass is 592 g/mol. The Morgan fingerprint density at radius 2 is 0.929 bits per heavy atom. The third-order valence-corrected chi connectivity index (χ3v) is 8.44. The van der Waals surface area contributed by atoms with E-state index in [-0.39, 0.29) is 12.5 Å². The van der Waals surface area contributed by atoms with E-state index in [0.29, 0.717) is 6.42 Å². The molecule has 0 spiro atoms. The van der Waals surface area contributed by atoms with Crippen LogP contribution in [0.4, 0.5) is 0 Å². The lowest BCUT2D eigenvalue weighted by atomic mass is 10.0. The van der Waals surface area contributed by atoms with Gasteiger partial charge >= 0.3 is 0 Å². The van der Waals surface area contributed by atoms with E-state index in [1.807, 2.05) is 6.08 Å². The molecule has 0 aliphatic rings. The molecule has 0 bridgehead atoms. The maximum atomic E-state index is 12.3. The van der Waals surface area contributed by atoms with Crippen LogP contribution in [0, 0.1) is 0 Å². The van der Waals surface area contributed by atoms with Gasteiger partial charge in [0.25, 0.3) is 0 Å². The predicted molar refractivity (Wildman–Crippen MR) is 184 cm³/mol. The van der Waals surface area contributed by atoms with Crippen LogP contribution in [-0.4, -0.2) is 34.9 Å². The fourth-order valence-corrected chi connectivity index (χ4v) is 5.55. The lowest BCUT2D eigenvalue weighted by molar-refractivity contribution is -0.123. The van der Waals surface area contributed by atoms with Crippen LogP contribution in [0.25, 0.3) is 0 Å². The number of aliphatic hydroxyl groups excluding tert-OH is 2. The average Bonchev–Trinajstić information content (AvgIpc) is 2.99. The maximum absolute atomic E-state index is 12.3. The van der Waals surface area contributed by atoms with Crippen molar-refractivity contribution in [1.29, 1.82) is 0 Å². The van der Waals surface area contributed by atoms with Crippen molar-refractivity contribution in [1.82, 2.24) is 5.32 Å². The fraction of sp³-hybridized carbons (Fsp3) is 0.868. The molecule has 4 heteroatoms. The second kappa shape index (κ2) is 34.4. The Kier molecular flexibility index (Phi) is 33.4. The van der Waals surface area contributed by atoms with E-state index in [9.17, 15) is 15.0 Å². The van der Waals surface area contributed by atoms with Crippen LogP contribution in [0.3, 0.4) is 0 Å². The number of allylic oxidation sites excluding steroid dienone is 3. The highest BCUT2D eigenvalue weighted by Gasteiger charge is 2.17. The molecule has 0 radical (unpaired) electrons. The van der Waals surface area contributed by atoms with E-state index in [1.54, 1.807) is 6.08 Å². The van der Waals surface area contributed by atoms with Gasteiger partial charge in [0, 0.05) is 6.42 Å². The molecule has 0 aromatic heterocycles. The van der Waals surface area contributed by atoms with Crippen molar-refractivity contribution >= 4 is 5.91 Å². The highest BCUT2D eigenvalue weighted by Crippen LogP contribution is 2.14. The maximum Gasteiger partial charge on any atom is 0.220 e. The van der Waals surface area contributed by atoms with E-state index >= 15 is 0 Å². The summed E-state index contributed by atoms with van der Waals surface area (Å²) in [6.45, 7) is 4.28. The molecule has 0 saturated heterocycles. The molecule has 42 heavy (non-hydrogen) atoms. The number of rotatable bonds is 33. The van der Waals surface area contributed by atoms with Gasteiger partial charge in [-0.1, -0.05) is 179 Å². The zero-order valence-electron chi connectivity index (χ0n) is 28.3. The summed E-state index contributed by atoms with van der Waals surface area (Å²) in [6.07, 6.45) is 42.6. The fourth-order valence-electron chi connectivity index (χ4n) is 5.55. The van der Waals surface area contributed by atoms with Crippen molar-refractivity contribution < 1.29 is 15.0 Å². The largest absolute Gasteiger partial charge is 0.394 e. The van der Waals surface area contributed by atoms with Gasteiger partial charge in [0.15, 0.2) is 0 Å². The molecule has 0 saturated carbocycles. The minimum absolute atomic E-state index is 0.0734. The van der Waals surface area contributed by atoms with Crippen molar-refractivity contribution in [2.75, 3.05) is 6.61 Å². The van der Waals surface area contributed by atoms with Gasteiger partial charge in [0.05, 0.1) is 18.8 Å². The first-order chi connectivity index (χ1) is 20.7. The highest BCUT2D eigenvalue weighted by atomic mass is 16.3. The Morgan fingerprint density at radius 1 is 0.548 bits per heavy atom. The second-order valence-corrected chi connectivity index (χ2v) is 12.6. The van der Waals surface area contributed by atoms with Gasteiger partial charge in [-0.05, 0) is 32.1 Å². The zero-order valence-corrected chi connectivity index (χ0v) is 28.3. The summed E-state index contributed by atoms with van der Waals surface area (Å²) in [5.41, 5.74) is 0. The topological polar surface area (TPSA) is 69.6 Å². The molecule has 0 aliphatic carbocycles. The predicted octanol–water partition coefficient (Wildman–Crippen LogP) is 10.9. The SMILES string of the molecule is CCCCCCCCCC/C=C/CC/C=C/C(O)C(CO)NC(=O)CCCCCCCCCCCCCCCCCC. The molecule has 0 aromatic rings. The molecule has 0 heterocycles. The Bertz CT molecular complexity index is 603. The van der Waals surface area contributed by atoms with Gasteiger partial charge in [-0.2, -0.15) is 0 Å². The molecule has 2 unspecified atom stereocenters. The van der Waals surface area contributed by atoms with Gasteiger partial charge < -0.3 is 15.5 Å². The molecular formula is C38H73NO3. The minimum Gasteiger partial charge on any atom is -0.394 e. The summed E-state index contributed by atoms with van der Waals surface area (Å²) < 4.78 is 0. The quantitative estimate of drug-likeness (QED) is 0.0525. The van der Waals surface area contributed by atoms with Crippen LogP contribution >= 0.6 is 0 Å². The van der Waals surface area contributed by atoms with E-state index in [0.717, 1.165) is 32.1 Å². The average molecular weight is 592 g/mol. The third-order valence-electron chi connectivity index (χ3n) is 8.44. The van der Waals surface area contributed by atoms with Crippen molar-refractivity contribution in [3.05, 3.63) is 24.3 Å². The number of hydrogen-bond donors (Lipinski definition) is 3. The Labute approximate surface area is 262 Å². The second-order valence-electron chi connectivity index (χ2n) is 12.6. The molecule has 3 N–H and O–H groups in total. The van der Waals surface area contributed by atoms with Crippen LogP contribution < -0.4 is 5.32 Å². The van der Waals surface area contributed by atoms with Crippen LogP contribution in [0.1, 0.15) is 194 Å². The number of nitrogens with one attached hydrogen (secondary N) is 1. The summed E-state index contributed by atoms with van der Waals surface area (Å²) in [5.74, 6) is -0.0734. The summed E-state index contributed by atoms with van der Waals surface area (Å²) in [6, 6.07) is -0.632. The molecule has 0 aromatic carbocycles. The summed E-state index contributed by atoms with van der Waals surface area (Å²) >= 11 is 0.